The Hall–Kier alpha value is -3.98. The molecule has 4 aromatic carbocycles. The summed E-state index contributed by atoms with van der Waals surface area (Å²) in [7, 11) is 0. The van der Waals surface area contributed by atoms with Gasteiger partial charge in [-0.25, -0.2) is 9.97 Å². The fourth-order valence-electron chi connectivity index (χ4n) is 3.81. The number of pyridine rings is 1. The Morgan fingerprint density at radius 3 is 2.34 bits per heavy atom. The summed E-state index contributed by atoms with van der Waals surface area (Å²) >= 11 is 0. The molecular weight excluding hydrogens is 356 g/mol. The Morgan fingerprint density at radius 2 is 1.41 bits per heavy atom. The number of para-hydroxylation sites is 1. The van der Waals surface area contributed by atoms with E-state index >= 15 is 0 Å². The predicted molar refractivity (Wildman–Crippen MR) is 118 cm³/mol. The van der Waals surface area contributed by atoms with Gasteiger partial charge < -0.3 is 4.42 Å². The van der Waals surface area contributed by atoms with Crippen LogP contribution >= 0.6 is 0 Å². The van der Waals surface area contributed by atoms with Gasteiger partial charge in [-0.1, -0.05) is 60.7 Å². The van der Waals surface area contributed by atoms with E-state index in [1.807, 2.05) is 54.6 Å². The summed E-state index contributed by atoms with van der Waals surface area (Å²) in [6.07, 6.45) is 0. The van der Waals surface area contributed by atoms with Crippen LogP contribution in [0.2, 0.25) is 0 Å². The first-order valence-electron chi connectivity index (χ1n) is 9.60. The van der Waals surface area contributed by atoms with Crippen molar-refractivity contribution in [3.8, 4) is 22.7 Å². The number of rotatable bonds is 2. The van der Waals surface area contributed by atoms with Crippen LogP contribution in [-0.2, 0) is 0 Å². The average Bonchev–Trinajstić information content (AvgIpc) is 3.24. The molecule has 0 amide bonds. The topological polar surface area (TPSA) is 38.9 Å². The van der Waals surface area contributed by atoms with Crippen molar-refractivity contribution >= 4 is 32.8 Å². The molecule has 3 heteroatoms. The molecule has 0 aliphatic heterocycles. The van der Waals surface area contributed by atoms with E-state index in [1.54, 1.807) is 0 Å². The highest BCUT2D eigenvalue weighted by Crippen LogP contribution is 2.32. The van der Waals surface area contributed by atoms with Crippen LogP contribution in [0.15, 0.2) is 101 Å². The molecule has 0 fully saturated rings. The van der Waals surface area contributed by atoms with Crippen LogP contribution in [-0.4, -0.2) is 9.97 Å². The lowest BCUT2D eigenvalue weighted by Gasteiger charge is -2.05. The van der Waals surface area contributed by atoms with Crippen LogP contribution in [0.5, 0.6) is 0 Å². The summed E-state index contributed by atoms with van der Waals surface area (Å²) in [5.41, 5.74) is 5.73. The number of nitrogens with zero attached hydrogens (tertiary/aromatic N) is 2. The lowest BCUT2D eigenvalue weighted by Crippen LogP contribution is -1.86. The van der Waals surface area contributed by atoms with Gasteiger partial charge in [-0.2, -0.15) is 0 Å². The molecule has 0 aliphatic carbocycles. The fraction of sp³-hybridized carbons (Fsp3) is 0. The zero-order chi connectivity index (χ0) is 19.2. The highest BCUT2D eigenvalue weighted by Gasteiger charge is 2.12. The van der Waals surface area contributed by atoms with Crippen LogP contribution in [0.1, 0.15) is 0 Å². The third-order valence-electron chi connectivity index (χ3n) is 5.29. The minimum Gasteiger partial charge on any atom is -0.436 e. The van der Waals surface area contributed by atoms with Crippen molar-refractivity contribution in [2.24, 2.45) is 0 Å². The van der Waals surface area contributed by atoms with Crippen molar-refractivity contribution < 1.29 is 4.42 Å². The van der Waals surface area contributed by atoms with Gasteiger partial charge in [-0.15, -0.1) is 0 Å². The van der Waals surface area contributed by atoms with Crippen molar-refractivity contribution in [1.29, 1.82) is 0 Å². The largest absolute Gasteiger partial charge is 0.436 e. The summed E-state index contributed by atoms with van der Waals surface area (Å²) in [6, 6.07) is 32.8. The molecule has 6 aromatic rings. The molecule has 136 valence electrons. The van der Waals surface area contributed by atoms with Crippen molar-refractivity contribution in [2.45, 2.75) is 0 Å². The zero-order valence-corrected chi connectivity index (χ0v) is 15.5. The second kappa shape index (κ2) is 6.28. The van der Waals surface area contributed by atoms with E-state index in [9.17, 15) is 0 Å². The Bertz CT molecular complexity index is 1500. The summed E-state index contributed by atoms with van der Waals surface area (Å²) in [6.45, 7) is 0. The second-order valence-corrected chi connectivity index (χ2v) is 7.12. The summed E-state index contributed by atoms with van der Waals surface area (Å²) in [4.78, 5) is 9.60. The Kier molecular flexibility index (Phi) is 3.47. The molecular formula is C26H16N2O. The third-order valence-corrected chi connectivity index (χ3v) is 5.29. The van der Waals surface area contributed by atoms with Crippen LogP contribution in [0.4, 0.5) is 0 Å². The van der Waals surface area contributed by atoms with Gasteiger partial charge in [0.1, 0.15) is 5.52 Å². The molecule has 29 heavy (non-hydrogen) atoms. The minimum atomic E-state index is 0.647. The second-order valence-electron chi connectivity index (χ2n) is 7.12. The predicted octanol–water partition coefficient (Wildman–Crippen LogP) is 6.86. The molecule has 0 saturated carbocycles. The first kappa shape index (κ1) is 16.0. The highest BCUT2D eigenvalue weighted by atomic mass is 16.3. The van der Waals surface area contributed by atoms with E-state index in [1.165, 1.54) is 0 Å². The summed E-state index contributed by atoms with van der Waals surface area (Å²) in [5, 5.41) is 3.35. The SMILES string of the molecule is c1ccc(-c2nc3c(ccc4cc(-c5ccc6ccccc6n5)ccc43)o2)cc1. The molecule has 0 bridgehead atoms. The van der Waals surface area contributed by atoms with E-state index < -0.39 is 0 Å². The van der Waals surface area contributed by atoms with Crippen molar-refractivity contribution in [3.63, 3.8) is 0 Å². The van der Waals surface area contributed by atoms with Crippen LogP contribution in [0.3, 0.4) is 0 Å². The minimum absolute atomic E-state index is 0.647. The van der Waals surface area contributed by atoms with Crippen molar-refractivity contribution in [3.05, 3.63) is 97.1 Å². The molecule has 0 atom stereocenters. The molecule has 0 unspecified atom stereocenters. The van der Waals surface area contributed by atoms with Gasteiger partial charge in [0.2, 0.25) is 5.89 Å². The van der Waals surface area contributed by atoms with Gasteiger partial charge in [0, 0.05) is 21.9 Å². The van der Waals surface area contributed by atoms with Crippen LogP contribution in [0.25, 0.3) is 55.5 Å². The molecule has 0 saturated heterocycles. The lowest BCUT2D eigenvalue weighted by molar-refractivity contribution is 0.620. The quantitative estimate of drug-likeness (QED) is 0.333. The summed E-state index contributed by atoms with van der Waals surface area (Å²) in [5.74, 6) is 0.647. The van der Waals surface area contributed by atoms with Gasteiger partial charge in [0.15, 0.2) is 5.58 Å². The van der Waals surface area contributed by atoms with E-state index in [2.05, 4.69) is 42.5 Å². The molecule has 0 radical (unpaired) electrons. The number of hydrogen-bond acceptors (Lipinski definition) is 3. The molecule has 0 N–H and O–H groups in total. The van der Waals surface area contributed by atoms with Gasteiger partial charge in [0.05, 0.1) is 11.2 Å². The normalized spacial score (nSPS) is 11.4. The number of hydrogen-bond donors (Lipinski definition) is 0. The average molecular weight is 372 g/mol. The molecule has 2 heterocycles. The molecule has 0 spiro atoms. The number of aromatic nitrogens is 2. The van der Waals surface area contributed by atoms with Crippen molar-refractivity contribution in [1.82, 2.24) is 9.97 Å². The molecule has 0 aliphatic rings. The van der Waals surface area contributed by atoms with Crippen LogP contribution in [0, 0.1) is 0 Å². The van der Waals surface area contributed by atoms with E-state index in [0.717, 1.165) is 49.6 Å². The zero-order valence-electron chi connectivity index (χ0n) is 15.5. The van der Waals surface area contributed by atoms with E-state index in [0.29, 0.717) is 5.89 Å². The van der Waals surface area contributed by atoms with Crippen LogP contribution < -0.4 is 0 Å². The maximum absolute atomic E-state index is 6.00. The monoisotopic (exact) mass is 372 g/mol. The highest BCUT2D eigenvalue weighted by molar-refractivity contribution is 6.05. The third kappa shape index (κ3) is 2.67. The van der Waals surface area contributed by atoms with E-state index in [-0.39, 0.29) is 0 Å². The van der Waals surface area contributed by atoms with Gasteiger partial charge >= 0.3 is 0 Å². The molecule has 3 nitrogen and oxygen atoms in total. The number of fused-ring (bicyclic) bond motifs is 4. The van der Waals surface area contributed by atoms with Crippen molar-refractivity contribution in [2.75, 3.05) is 0 Å². The van der Waals surface area contributed by atoms with Gasteiger partial charge in [0.25, 0.3) is 0 Å². The smallest absolute Gasteiger partial charge is 0.227 e. The number of oxazole rings is 1. The fourth-order valence-corrected chi connectivity index (χ4v) is 3.81. The van der Waals surface area contributed by atoms with Gasteiger partial charge in [-0.3, -0.25) is 0 Å². The Balaban J connectivity index is 1.49. The van der Waals surface area contributed by atoms with E-state index in [4.69, 9.17) is 14.4 Å². The standard InChI is InChI=1S/C26H16N2O/c1-2-7-18(8-3-1)26-28-25-21-13-10-20(16-19(21)12-15-24(25)29-26)23-14-11-17-6-4-5-9-22(17)27-23/h1-16H. The molecule has 6 rings (SSSR count). The van der Waals surface area contributed by atoms with Gasteiger partial charge in [-0.05, 0) is 41.8 Å². The summed E-state index contributed by atoms with van der Waals surface area (Å²) < 4.78 is 6.00. The maximum Gasteiger partial charge on any atom is 0.227 e. The first-order chi connectivity index (χ1) is 14.3. The first-order valence-corrected chi connectivity index (χ1v) is 9.60. The Labute approximate surface area is 167 Å². The molecule has 2 aromatic heterocycles. The lowest BCUT2D eigenvalue weighted by atomic mass is 10.0. The Morgan fingerprint density at radius 1 is 0.586 bits per heavy atom. The number of benzene rings is 4. The maximum atomic E-state index is 6.00.